The second-order valence-electron chi connectivity index (χ2n) is 6.75. The number of H-pyrrole nitrogens is 1. The molecule has 3 unspecified atom stereocenters. The van der Waals surface area contributed by atoms with Crippen LogP contribution in [-0.4, -0.2) is 62.8 Å². The molecule has 1 aromatic carbocycles. The number of nitrogens with one attached hydrogen (secondary N) is 3. The van der Waals surface area contributed by atoms with Crippen LogP contribution in [0.5, 0.6) is 0 Å². The Bertz CT molecular complexity index is 931. The summed E-state index contributed by atoms with van der Waals surface area (Å²) < 4.78 is 0. The van der Waals surface area contributed by atoms with Crippen LogP contribution in [0.4, 0.5) is 0 Å². The fourth-order valence-corrected chi connectivity index (χ4v) is 3.05. The van der Waals surface area contributed by atoms with Crippen molar-refractivity contribution in [2.75, 3.05) is 5.75 Å². The zero-order chi connectivity index (χ0) is 22.3. The Balaban J connectivity index is 2.23. The largest absolute Gasteiger partial charge is 0.481 e. The summed E-state index contributed by atoms with van der Waals surface area (Å²) >= 11 is 3.97. The van der Waals surface area contributed by atoms with Crippen LogP contribution in [0.1, 0.15) is 18.4 Å². The number of amides is 2. The highest BCUT2D eigenvalue weighted by molar-refractivity contribution is 7.80. The highest BCUT2D eigenvalue weighted by Crippen LogP contribution is 2.19. The van der Waals surface area contributed by atoms with Crippen molar-refractivity contribution < 1.29 is 29.4 Å². The van der Waals surface area contributed by atoms with E-state index in [2.05, 4.69) is 28.2 Å². The van der Waals surface area contributed by atoms with Gasteiger partial charge in [0.15, 0.2) is 0 Å². The molecule has 0 aliphatic rings. The van der Waals surface area contributed by atoms with Crippen molar-refractivity contribution in [3.05, 3.63) is 36.0 Å². The van der Waals surface area contributed by atoms with E-state index in [0.717, 1.165) is 16.5 Å². The maximum Gasteiger partial charge on any atom is 0.326 e. The van der Waals surface area contributed by atoms with Crippen molar-refractivity contribution in [2.45, 2.75) is 37.4 Å². The molecule has 7 N–H and O–H groups in total. The van der Waals surface area contributed by atoms with E-state index in [1.807, 2.05) is 24.3 Å². The number of carboxylic acid groups (broad SMARTS) is 2. The molecule has 0 radical (unpaired) electrons. The Morgan fingerprint density at radius 3 is 2.37 bits per heavy atom. The fraction of sp³-hybridized carbons (Fsp3) is 0.368. The third-order valence-electron chi connectivity index (χ3n) is 4.53. The summed E-state index contributed by atoms with van der Waals surface area (Å²) in [4.78, 5) is 50.3. The monoisotopic (exact) mass is 436 g/mol. The standard InChI is InChI=1S/C19H24N4O6S/c20-12(9-30)17(26)23-15(7-10-8-21-13-4-2-1-3-11(10)13)18(27)22-14(19(28)29)5-6-16(24)25/h1-4,8,12,14-15,21,30H,5-7,9,20H2,(H,22,27)(H,23,26)(H,24,25)(H,28,29). The van der Waals surface area contributed by atoms with Crippen LogP contribution in [-0.2, 0) is 25.6 Å². The number of thiol groups is 1. The third-order valence-corrected chi connectivity index (χ3v) is 4.92. The van der Waals surface area contributed by atoms with Crippen molar-refractivity contribution >= 4 is 47.3 Å². The normalized spacial score (nSPS) is 13.9. The first-order valence-corrected chi connectivity index (χ1v) is 9.83. The van der Waals surface area contributed by atoms with Crippen LogP contribution >= 0.6 is 12.6 Å². The van der Waals surface area contributed by atoms with E-state index in [-0.39, 0.29) is 18.6 Å². The number of carboxylic acids is 2. The lowest BCUT2D eigenvalue weighted by molar-refractivity contribution is -0.143. The quantitative estimate of drug-likeness (QED) is 0.240. The second kappa shape index (κ2) is 10.6. The van der Waals surface area contributed by atoms with Gasteiger partial charge < -0.3 is 31.6 Å². The topological polar surface area (TPSA) is 175 Å². The van der Waals surface area contributed by atoms with E-state index in [1.165, 1.54) is 0 Å². The molecule has 0 spiro atoms. The molecule has 2 rings (SSSR count). The van der Waals surface area contributed by atoms with Gasteiger partial charge in [0, 0.05) is 35.7 Å². The molecule has 0 saturated heterocycles. The van der Waals surface area contributed by atoms with Crippen LogP contribution < -0.4 is 16.4 Å². The molecule has 0 saturated carbocycles. The number of hydrogen-bond acceptors (Lipinski definition) is 6. The maximum absolute atomic E-state index is 12.8. The van der Waals surface area contributed by atoms with Crippen molar-refractivity contribution in [2.24, 2.45) is 5.73 Å². The molecule has 162 valence electrons. The first kappa shape index (κ1) is 23.2. The van der Waals surface area contributed by atoms with E-state index in [4.69, 9.17) is 10.8 Å². The van der Waals surface area contributed by atoms with Gasteiger partial charge in [-0.3, -0.25) is 14.4 Å². The third kappa shape index (κ3) is 6.22. The van der Waals surface area contributed by atoms with E-state index < -0.39 is 48.3 Å². The molecule has 0 aliphatic carbocycles. The summed E-state index contributed by atoms with van der Waals surface area (Å²) in [5, 5.41) is 23.8. The van der Waals surface area contributed by atoms with Crippen molar-refractivity contribution in [3.8, 4) is 0 Å². The molecule has 0 aliphatic heterocycles. The number of aliphatic carboxylic acids is 2. The smallest absolute Gasteiger partial charge is 0.326 e. The van der Waals surface area contributed by atoms with Gasteiger partial charge in [0.1, 0.15) is 12.1 Å². The zero-order valence-corrected chi connectivity index (χ0v) is 16.9. The molecule has 3 atom stereocenters. The molecule has 2 amide bonds. The van der Waals surface area contributed by atoms with Crippen molar-refractivity contribution in [1.82, 2.24) is 15.6 Å². The number of aromatic amines is 1. The van der Waals surface area contributed by atoms with Crippen LogP contribution in [0.2, 0.25) is 0 Å². The minimum atomic E-state index is -1.41. The number of carbonyl (C=O) groups excluding carboxylic acids is 2. The second-order valence-corrected chi connectivity index (χ2v) is 7.11. The van der Waals surface area contributed by atoms with Crippen LogP contribution in [0.25, 0.3) is 10.9 Å². The fourth-order valence-electron chi connectivity index (χ4n) is 2.89. The van der Waals surface area contributed by atoms with Gasteiger partial charge in [-0.15, -0.1) is 0 Å². The highest BCUT2D eigenvalue weighted by Gasteiger charge is 2.28. The number of fused-ring (bicyclic) bond motifs is 1. The zero-order valence-electron chi connectivity index (χ0n) is 16.0. The van der Waals surface area contributed by atoms with Gasteiger partial charge in [-0.2, -0.15) is 12.6 Å². The Morgan fingerprint density at radius 2 is 1.73 bits per heavy atom. The van der Waals surface area contributed by atoms with Crippen molar-refractivity contribution in [3.63, 3.8) is 0 Å². The van der Waals surface area contributed by atoms with Gasteiger partial charge in [0.25, 0.3) is 0 Å². The minimum Gasteiger partial charge on any atom is -0.481 e. The molecule has 30 heavy (non-hydrogen) atoms. The number of aromatic nitrogens is 1. The molecule has 1 aromatic heterocycles. The Kier molecular flexibility index (Phi) is 8.25. The van der Waals surface area contributed by atoms with Gasteiger partial charge in [-0.1, -0.05) is 18.2 Å². The van der Waals surface area contributed by atoms with Gasteiger partial charge >= 0.3 is 11.9 Å². The maximum atomic E-state index is 12.8. The summed E-state index contributed by atoms with van der Waals surface area (Å²) in [6, 6.07) is 3.91. The van der Waals surface area contributed by atoms with Gasteiger partial charge in [0.2, 0.25) is 11.8 Å². The molecular weight excluding hydrogens is 412 g/mol. The summed E-state index contributed by atoms with van der Waals surface area (Å²) in [6.45, 7) is 0. The van der Waals surface area contributed by atoms with Crippen LogP contribution in [0, 0.1) is 0 Å². The Morgan fingerprint density at radius 1 is 1.07 bits per heavy atom. The molecule has 10 nitrogen and oxygen atoms in total. The molecule has 0 bridgehead atoms. The minimum absolute atomic E-state index is 0.0591. The lowest BCUT2D eigenvalue weighted by atomic mass is 10.0. The summed E-state index contributed by atoms with van der Waals surface area (Å²) in [5.74, 6) is -3.85. The average Bonchev–Trinajstić information content (AvgIpc) is 3.12. The number of hydrogen-bond donors (Lipinski definition) is 7. The predicted octanol–water partition coefficient (Wildman–Crippen LogP) is -0.114. The number of carbonyl (C=O) groups is 4. The van der Waals surface area contributed by atoms with E-state index in [9.17, 15) is 24.3 Å². The number of para-hydroxylation sites is 1. The van der Waals surface area contributed by atoms with E-state index in [1.54, 1.807) is 6.20 Å². The first-order chi connectivity index (χ1) is 14.2. The Labute approximate surface area is 177 Å². The van der Waals surface area contributed by atoms with Gasteiger partial charge in [-0.05, 0) is 18.1 Å². The summed E-state index contributed by atoms with van der Waals surface area (Å²) in [6.07, 6.45) is 1.06. The molecule has 0 fully saturated rings. The number of rotatable bonds is 11. The molecule has 2 aromatic rings. The summed E-state index contributed by atoms with van der Waals surface area (Å²) in [5.41, 5.74) is 7.25. The number of nitrogens with two attached hydrogens (primary N) is 1. The van der Waals surface area contributed by atoms with Crippen LogP contribution in [0.3, 0.4) is 0 Å². The average molecular weight is 436 g/mol. The van der Waals surface area contributed by atoms with Gasteiger partial charge in [0.05, 0.1) is 6.04 Å². The molecular formula is C19H24N4O6S. The lowest BCUT2D eigenvalue weighted by Crippen LogP contribution is -2.55. The summed E-state index contributed by atoms with van der Waals surface area (Å²) in [7, 11) is 0. The molecule has 1 heterocycles. The SMILES string of the molecule is NC(CS)C(=O)NC(Cc1c[nH]c2ccccc12)C(=O)NC(CCC(=O)O)C(=O)O. The van der Waals surface area contributed by atoms with Crippen molar-refractivity contribution in [1.29, 1.82) is 0 Å². The predicted molar refractivity (Wildman–Crippen MR) is 112 cm³/mol. The lowest BCUT2D eigenvalue weighted by Gasteiger charge is -2.22. The number of benzene rings is 1. The highest BCUT2D eigenvalue weighted by atomic mass is 32.1. The van der Waals surface area contributed by atoms with E-state index >= 15 is 0 Å². The Hall–Kier alpha value is -3.05. The van der Waals surface area contributed by atoms with E-state index in [0.29, 0.717) is 0 Å². The molecule has 11 heteroatoms. The van der Waals surface area contributed by atoms with Gasteiger partial charge in [-0.25, -0.2) is 4.79 Å². The van der Waals surface area contributed by atoms with Crippen LogP contribution in [0.15, 0.2) is 30.5 Å². The first-order valence-electron chi connectivity index (χ1n) is 9.19.